The molecule has 1 fully saturated rings. The first-order valence-corrected chi connectivity index (χ1v) is 9.90. The zero-order valence-corrected chi connectivity index (χ0v) is 15.5. The second-order valence-corrected chi connectivity index (χ2v) is 7.39. The molecule has 0 spiro atoms. The maximum Gasteiger partial charge on any atom is 0.303 e. The molecule has 1 saturated carbocycles. The molecule has 1 aliphatic carbocycles. The molecule has 5 nitrogen and oxygen atoms in total. The number of ketones is 2. The number of rotatable bonds is 14. The Balaban J connectivity index is 2.31. The summed E-state index contributed by atoms with van der Waals surface area (Å²) in [5.41, 5.74) is 0. The minimum Gasteiger partial charge on any atom is -0.481 e. The van der Waals surface area contributed by atoms with Gasteiger partial charge in [-0.1, -0.05) is 39.0 Å². The summed E-state index contributed by atoms with van der Waals surface area (Å²) in [6.45, 7) is 2.11. The highest BCUT2D eigenvalue weighted by Crippen LogP contribution is 2.36. The van der Waals surface area contributed by atoms with Gasteiger partial charge in [0, 0.05) is 31.6 Å². The fourth-order valence-electron chi connectivity index (χ4n) is 3.80. The Morgan fingerprint density at radius 2 is 1.64 bits per heavy atom. The number of Topliss-reactive ketones (excluding diaryl/α,β-unsaturated/α-hetero) is 2. The Bertz CT molecular complexity index is 432. The van der Waals surface area contributed by atoms with Gasteiger partial charge in [0.2, 0.25) is 0 Å². The Hall–Kier alpha value is -1.23. The van der Waals surface area contributed by atoms with E-state index in [9.17, 15) is 19.5 Å². The first-order chi connectivity index (χ1) is 12.0. The number of hydrogen-bond acceptors (Lipinski definition) is 4. The number of unbranched alkanes of at least 4 members (excludes halogenated alkanes) is 5. The fraction of sp³-hybridized carbons (Fsp3) is 0.850. The van der Waals surface area contributed by atoms with Gasteiger partial charge >= 0.3 is 5.97 Å². The van der Waals surface area contributed by atoms with Crippen molar-refractivity contribution in [2.24, 2.45) is 11.8 Å². The molecule has 25 heavy (non-hydrogen) atoms. The van der Waals surface area contributed by atoms with Gasteiger partial charge in [-0.3, -0.25) is 14.4 Å². The van der Waals surface area contributed by atoms with E-state index in [1.54, 1.807) is 0 Å². The van der Waals surface area contributed by atoms with Crippen LogP contribution in [0.25, 0.3) is 0 Å². The minimum atomic E-state index is -0.766. The molecule has 0 radical (unpaired) electrons. The van der Waals surface area contributed by atoms with Gasteiger partial charge in [0.25, 0.3) is 0 Å². The van der Waals surface area contributed by atoms with Gasteiger partial charge in [-0.2, -0.15) is 0 Å². The van der Waals surface area contributed by atoms with E-state index < -0.39 is 12.1 Å². The van der Waals surface area contributed by atoms with Crippen LogP contribution < -0.4 is 0 Å². The summed E-state index contributed by atoms with van der Waals surface area (Å²) < 4.78 is 0. The maximum absolute atomic E-state index is 12.1. The smallest absolute Gasteiger partial charge is 0.303 e. The number of carbonyl (C=O) groups excluding carboxylic acids is 2. The molecule has 0 heterocycles. The zero-order valence-electron chi connectivity index (χ0n) is 15.5. The highest BCUT2D eigenvalue weighted by atomic mass is 16.4. The fourth-order valence-corrected chi connectivity index (χ4v) is 3.80. The summed E-state index contributed by atoms with van der Waals surface area (Å²) in [6.07, 6.45) is 8.67. The average Bonchev–Trinajstić information content (AvgIpc) is 2.82. The van der Waals surface area contributed by atoms with Crippen molar-refractivity contribution in [3.63, 3.8) is 0 Å². The molecule has 2 N–H and O–H groups in total. The van der Waals surface area contributed by atoms with Gasteiger partial charge < -0.3 is 10.2 Å². The second-order valence-electron chi connectivity index (χ2n) is 7.39. The van der Waals surface area contributed by atoms with E-state index in [0.29, 0.717) is 25.7 Å². The van der Waals surface area contributed by atoms with E-state index in [-0.39, 0.29) is 36.2 Å². The van der Waals surface area contributed by atoms with Crippen molar-refractivity contribution >= 4 is 17.5 Å². The summed E-state index contributed by atoms with van der Waals surface area (Å²) in [6, 6.07) is 0. The predicted molar refractivity (Wildman–Crippen MR) is 96.3 cm³/mol. The van der Waals surface area contributed by atoms with E-state index in [2.05, 4.69) is 6.92 Å². The van der Waals surface area contributed by atoms with Crippen LogP contribution in [0.5, 0.6) is 0 Å². The van der Waals surface area contributed by atoms with Gasteiger partial charge in [0.05, 0.1) is 6.10 Å². The molecule has 144 valence electrons. The Labute approximate surface area is 151 Å². The Morgan fingerprint density at radius 3 is 2.32 bits per heavy atom. The summed E-state index contributed by atoms with van der Waals surface area (Å²) in [5.74, 6) is -0.605. The van der Waals surface area contributed by atoms with E-state index in [1.807, 2.05) is 0 Å². The summed E-state index contributed by atoms with van der Waals surface area (Å²) in [4.78, 5) is 34.6. The molecular formula is C20H34O5. The Kier molecular flexibility index (Phi) is 10.6. The van der Waals surface area contributed by atoms with Gasteiger partial charge in [-0.05, 0) is 31.6 Å². The number of carboxylic acids is 1. The van der Waals surface area contributed by atoms with Crippen molar-refractivity contribution in [3.05, 3.63) is 0 Å². The van der Waals surface area contributed by atoms with Crippen LogP contribution in [0.1, 0.15) is 90.4 Å². The van der Waals surface area contributed by atoms with Crippen molar-refractivity contribution in [2.75, 3.05) is 0 Å². The van der Waals surface area contributed by atoms with Gasteiger partial charge in [-0.15, -0.1) is 0 Å². The molecule has 5 heteroatoms. The van der Waals surface area contributed by atoms with Crippen molar-refractivity contribution in [1.82, 2.24) is 0 Å². The van der Waals surface area contributed by atoms with Crippen LogP contribution in [0.2, 0.25) is 0 Å². The lowest BCUT2D eigenvalue weighted by Gasteiger charge is -2.20. The van der Waals surface area contributed by atoms with Crippen molar-refractivity contribution in [2.45, 2.75) is 96.5 Å². The molecule has 3 atom stereocenters. The molecule has 0 unspecified atom stereocenters. The van der Waals surface area contributed by atoms with Crippen LogP contribution in [0, 0.1) is 11.8 Å². The topological polar surface area (TPSA) is 91.7 Å². The number of carbonyl (C=O) groups is 3. The molecule has 0 aromatic heterocycles. The first-order valence-electron chi connectivity index (χ1n) is 9.90. The summed E-state index contributed by atoms with van der Waals surface area (Å²) in [5, 5.41) is 18.8. The third-order valence-electron chi connectivity index (χ3n) is 5.31. The van der Waals surface area contributed by atoms with E-state index in [4.69, 9.17) is 5.11 Å². The van der Waals surface area contributed by atoms with Crippen LogP contribution >= 0.6 is 0 Å². The Morgan fingerprint density at radius 1 is 0.960 bits per heavy atom. The monoisotopic (exact) mass is 354 g/mol. The normalized spacial score (nSPS) is 23.1. The highest BCUT2D eigenvalue weighted by molar-refractivity contribution is 5.84. The zero-order chi connectivity index (χ0) is 18.7. The minimum absolute atomic E-state index is 0.0818. The first kappa shape index (κ1) is 21.8. The lowest BCUT2D eigenvalue weighted by atomic mass is 9.85. The molecule has 0 bridgehead atoms. The van der Waals surface area contributed by atoms with Crippen LogP contribution in [0.3, 0.4) is 0 Å². The second kappa shape index (κ2) is 12.2. The van der Waals surface area contributed by atoms with Crippen molar-refractivity contribution in [1.29, 1.82) is 0 Å². The molecule has 1 aliphatic rings. The molecule has 0 aliphatic heterocycles. The standard InChI is InChI=1S/C20H34O5/c1-2-3-6-9-15(21)12-13-17-16(18(22)14-19(17)23)10-7-4-5-8-11-20(24)25/h16-17,19,23H,2-14H2,1H3,(H,24,25)/t16-,17-,19-/m1/s1. The quantitative estimate of drug-likeness (QED) is 0.462. The van der Waals surface area contributed by atoms with Crippen LogP contribution in [0.15, 0.2) is 0 Å². The molecule has 0 aromatic rings. The average molecular weight is 354 g/mol. The van der Waals surface area contributed by atoms with Crippen LogP contribution in [0.4, 0.5) is 0 Å². The van der Waals surface area contributed by atoms with E-state index >= 15 is 0 Å². The third-order valence-corrected chi connectivity index (χ3v) is 5.31. The van der Waals surface area contributed by atoms with Crippen molar-refractivity contribution < 1.29 is 24.6 Å². The summed E-state index contributed by atoms with van der Waals surface area (Å²) in [7, 11) is 0. The molecule has 0 amide bonds. The van der Waals surface area contributed by atoms with Crippen LogP contribution in [-0.4, -0.2) is 33.9 Å². The van der Waals surface area contributed by atoms with Gasteiger partial charge in [0.15, 0.2) is 0 Å². The number of aliphatic carboxylic acids is 1. The SMILES string of the molecule is CCCCCC(=O)CC[C@H]1[C@H](O)CC(=O)[C@@H]1CCCCCCC(=O)O. The number of carboxylic acid groups (broad SMARTS) is 1. The number of aliphatic hydroxyl groups is 1. The largest absolute Gasteiger partial charge is 0.481 e. The number of hydrogen-bond donors (Lipinski definition) is 2. The van der Waals surface area contributed by atoms with Crippen molar-refractivity contribution in [3.8, 4) is 0 Å². The lowest BCUT2D eigenvalue weighted by Crippen LogP contribution is -2.21. The lowest BCUT2D eigenvalue weighted by molar-refractivity contribution is -0.137. The van der Waals surface area contributed by atoms with Gasteiger partial charge in [-0.25, -0.2) is 0 Å². The molecule has 0 saturated heterocycles. The molecule has 0 aromatic carbocycles. The predicted octanol–water partition coefficient (Wildman–Crippen LogP) is 3.91. The van der Waals surface area contributed by atoms with Gasteiger partial charge in [0.1, 0.15) is 11.6 Å². The highest BCUT2D eigenvalue weighted by Gasteiger charge is 2.40. The number of aliphatic hydroxyl groups excluding tert-OH is 1. The van der Waals surface area contributed by atoms with Crippen LogP contribution in [-0.2, 0) is 14.4 Å². The molecule has 1 rings (SSSR count). The van der Waals surface area contributed by atoms with E-state index in [1.165, 1.54) is 0 Å². The summed E-state index contributed by atoms with van der Waals surface area (Å²) >= 11 is 0. The van der Waals surface area contributed by atoms with E-state index in [0.717, 1.165) is 44.9 Å². The maximum atomic E-state index is 12.1. The third kappa shape index (κ3) is 8.61. The molecular weight excluding hydrogens is 320 g/mol.